The van der Waals surface area contributed by atoms with Gasteiger partial charge in [-0.25, -0.2) is 0 Å². The number of rotatable bonds is 3. The molecule has 0 aliphatic carbocycles. The monoisotopic (exact) mass is 227 g/mol. The van der Waals surface area contributed by atoms with Gasteiger partial charge in [0.05, 0.1) is 0 Å². The van der Waals surface area contributed by atoms with Crippen molar-refractivity contribution in [1.82, 2.24) is 10.1 Å². The second-order valence-electron chi connectivity index (χ2n) is 3.30. The fourth-order valence-electron chi connectivity index (χ4n) is 1.15. The summed E-state index contributed by atoms with van der Waals surface area (Å²) in [5.74, 6) is 1.37. The van der Waals surface area contributed by atoms with Crippen LogP contribution in [-0.4, -0.2) is 16.2 Å². The normalized spacial score (nSPS) is 13.0. The summed E-state index contributed by atoms with van der Waals surface area (Å²) < 4.78 is 10.1. The van der Waals surface area contributed by atoms with Crippen LogP contribution in [0, 0.1) is 0 Å². The van der Waals surface area contributed by atoms with E-state index in [1.807, 2.05) is 6.92 Å². The minimum absolute atomic E-state index is 0.0153. The van der Waals surface area contributed by atoms with Crippen molar-refractivity contribution in [2.75, 3.05) is 0 Å². The van der Waals surface area contributed by atoms with Gasteiger partial charge in [-0.2, -0.15) is 4.98 Å². The van der Waals surface area contributed by atoms with E-state index in [1.54, 1.807) is 12.1 Å². The van der Waals surface area contributed by atoms with E-state index in [9.17, 15) is 0 Å². The van der Waals surface area contributed by atoms with Crippen molar-refractivity contribution in [2.24, 2.45) is 5.73 Å². The Morgan fingerprint density at radius 2 is 2.33 bits per heavy atom. The molecule has 0 bridgehead atoms. The van der Waals surface area contributed by atoms with E-state index in [0.717, 1.165) is 0 Å². The zero-order valence-corrected chi connectivity index (χ0v) is 8.86. The number of halogens is 1. The topological polar surface area (TPSA) is 78.1 Å². The van der Waals surface area contributed by atoms with Gasteiger partial charge in [-0.15, -0.1) is 0 Å². The average Bonchev–Trinajstić information content (AvgIpc) is 2.72. The molecule has 0 radical (unpaired) electrons. The molecule has 80 valence electrons. The molecule has 0 aliphatic rings. The summed E-state index contributed by atoms with van der Waals surface area (Å²) in [6, 6.07) is 3.29. The van der Waals surface area contributed by atoms with Gasteiger partial charge in [0.15, 0.2) is 11.0 Å². The summed E-state index contributed by atoms with van der Waals surface area (Å²) in [5, 5.41) is 4.05. The van der Waals surface area contributed by atoms with Crippen molar-refractivity contribution in [3.05, 3.63) is 23.2 Å². The summed E-state index contributed by atoms with van der Waals surface area (Å²) in [5.41, 5.74) is 5.60. The first-order valence-corrected chi connectivity index (χ1v) is 4.87. The molecule has 0 amide bonds. The highest BCUT2D eigenvalue weighted by molar-refractivity contribution is 6.28. The summed E-state index contributed by atoms with van der Waals surface area (Å²) >= 11 is 5.63. The maximum absolute atomic E-state index is 5.63. The third-order valence-corrected chi connectivity index (χ3v) is 1.96. The molecular formula is C9H10ClN3O2. The fourth-order valence-corrected chi connectivity index (χ4v) is 1.29. The van der Waals surface area contributed by atoms with Crippen LogP contribution in [0.15, 0.2) is 21.1 Å². The van der Waals surface area contributed by atoms with E-state index >= 15 is 0 Å². The van der Waals surface area contributed by atoms with Gasteiger partial charge < -0.3 is 14.7 Å². The second-order valence-corrected chi connectivity index (χ2v) is 3.67. The minimum atomic E-state index is -0.0153. The van der Waals surface area contributed by atoms with Crippen molar-refractivity contribution in [1.29, 1.82) is 0 Å². The SMILES string of the molecule is CC(N)Cc1nc(-c2ccc(Cl)o2)no1. The smallest absolute Gasteiger partial charge is 0.238 e. The Labute approximate surface area is 91.2 Å². The molecule has 2 aromatic heterocycles. The van der Waals surface area contributed by atoms with E-state index < -0.39 is 0 Å². The molecular weight excluding hydrogens is 218 g/mol. The summed E-state index contributed by atoms with van der Waals surface area (Å²) in [7, 11) is 0. The van der Waals surface area contributed by atoms with E-state index in [2.05, 4.69) is 10.1 Å². The zero-order chi connectivity index (χ0) is 10.8. The Balaban J connectivity index is 2.20. The van der Waals surface area contributed by atoms with Gasteiger partial charge in [0, 0.05) is 12.5 Å². The summed E-state index contributed by atoms with van der Waals surface area (Å²) in [6.07, 6.45) is 0.543. The van der Waals surface area contributed by atoms with Crippen molar-refractivity contribution in [3.63, 3.8) is 0 Å². The fraction of sp³-hybridized carbons (Fsp3) is 0.333. The van der Waals surface area contributed by atoms with Crippen molar-refractivity contribution < 1.29 is 8.94 Å². The third-order valence-electron chi connectivity index (χ3n) is 1.76. The lowest BCUT2D eigenvalue weighted by molar-refractivity contribution is 0.371. The lowest BCUT2D eigenvalue weighted by Crippen LogP contribution is -2.17. The Kier molecular flexibility index (Phi) is 2.75. The van der Waals surface area contributed by atoms with Gasteiger partial charge >= 0.3 is 0 Å². The highest BCUT2D eigenvalue weighted by atomic mass is 35.5. The predicted octanol–water partition coefficient (Wildman–Crippen LogP) is 1.87. The van der Waals surface area contributed by atoms with Crippen LogP contribution in [0.5, 0.6) is 0 Å². The molecule has 15 heavy (non-hydrogen) atoms. The highest BCUT2D eigenvalue weighted by Crippen LogP contribution is 2.22. The first kappa shape index (κ1) is 10.2. The molecule has 0 aromatic carbocycles. The van der Waals surface area contributed by atoms with E-state index in [-0.39, 0.29) is 6.04 Å². The largest absolute Gasteiger partial charge is 0.441 e. The number of aromatic nitrogens is 2. The van der Waals surface area contributed by atoms with Crippen molar-refractivity contribution >= 4 is 11.6 Å². The number of hydrogen-bond acceptors (Lipinski definition) is 5. The summed E-state index contributed by atoms with van der Waals surface area (Å²) in [6.45, 7) is 1.87. The molecule has 1 atom stereocenters. The standard InChI is InChI=1S/C9H10ClN3O2/c1-5(11)4-8-12-9(13-15-8)6-2-3-7(10)14-6/h2-3,5H,4,11H2,1H3. The molecule has 0 spiro atoms. The van der Waals surface area contributed by atoms with Crippen LogP contribution < -0.4 is 5.73 Å². The van der Waals surface area contributed by atoms with Crippen LogP contribution in [0.2, 0.25) is 5.22 Å². The maximum atomic E-state index is 5.63. The number of nitrogens with two attached hydrogens (primary N) is 1. The Morgan fingerprint density at radius 1 is 1.53 bits per heavy atom. The molecule has 2 heterocycles. The number of nitrogens with zero attached hydrogens (tertiary/aromatic N) is 2. The molecule has 0 saturated carbocycles. The molecule has 0 fully saturated rings. The predicted molar refractivity (Wildman–Crippen MR) is 54.4 cm³/mol. The van der Waals surface area contributed by atoms with Crippen LogP contribution in [0.25, 0.3) is 11.6 Å². The molecule has 2 aromatic rings. The van der Waals surface area contributed by atoms with Crippen LogP contribution in [0.3, 0.4) is 0 Å². The second kappa shape index (κ2) is 4.04. The Morgan fingerprint density at radius 3 is 2.93 bits per heavy atom. The van der Waals surface area contributed by atoms with Gasteiger partial charge in [-0.1, -0.05) is 5.16 Å². The molecule has 6 heteroatoms. The van der Waals surface area contributed by atoms with Gasteiger partial charge in [-0.05, 0) is 30.7 Å². The summed E-state index contributed by atoms with van der Waals surface area (Å²) in [4.78, 5) is 4.12. The van der Waals surface area contributed by atoms with Gasteiger partial charge in [0.1, 0.15) is 0 Å². The first-order valence-electron chi connectivity index (χ1n) is 4.49. The van der Waals surface area contributed by atoms with Crippen LogP contribution in [0.1, 0.15) is 12.8 Å². The van der Waals surface area contributed by atoms with E-state index in [0.29, 0.717) is 29.1 Å². The third kappa shape index (κ3) is 2.37. The number of hydrogen-bond donors (Lipinski definition) is 1. The molecule has 0 saturated heterocycles. The minimum Gasteiger partial charge on any atom is -0.441 e. The molecule has 5 nitrogen and oxygen atoms in total. The van der Waals surface area contributed by atoms with Crippen molar-refractivity contribution in [3.8, 4) is 11.6 Å². The van der Waals surface area contributed by atoms with E-state index in [4.69, 9.17) is 26.3 Å². The van der Waals surface area contributed by atoms with Gasteiger partial charge in [0.25, 0.3) is 0 Å². The van der Waals surface area contributed by atoms with E-state index in [1.165, 1.54) is 0 Å². The highest BCUT2D eigenvalue weighted by Gasteiger charge is 2.12. The molecule has 2 rings (SSSR count). The lowest BCUT2D eigenvalue weighted by Gasteiger charge is -1.96. The molecule has 2 N–H and O–H groups in total. The van der Waals surface area contributed by atoms with Crippen LogP contribution in [0.4, 0.5) is 0 Å². The van der Waals surface area contributed by atoms with Gasteiger partial charge in [-0.3, -0.25) is 0 Å². The first-order chi connectivity index (χ1) is 7.15. The zero-order valence-electron chi connectivity index (χ0n) is 8.11. The average molecular weight is 228 g/mol. The van der Waals surface area contributed by atoms with Crippen molar-refractivity contribution in [2.45, 2.75) is 19.4 Å². The number of furan rings is 1. The Bertz CT molecular complexity index is 450. The van der Waals surface area contributed by atoms with Gasteiger partial charge in [0.2, 0.25) is 11.7 Å². The molecule has 0 aliphatic heterocycles. The Hall–Kier alpha value is -1.33. The van der Waals surface area contributed by atoms with Crippen LogP contribution in [-0.2, 0) is 6.42 Å². The van der Waals surface area contributed by atoms with Crippen LogP contribution >= 0.6 is 11.6 Å². The molecule has 1 unspecified atom stereocenters. The maximum Gasteiger partial charge on any atom is 0.238 e. The quantitative estimate of drug-likeness (QED) is 0.866. The lowest BCUT2D eigenvalue weighted by atomic mass is 10.2.